The van der Waals surface area contributed by atoms with Gasteiger partial charge in [0.2, 0.25) is 0 Å². The Hall–Kier alpha value is -2.99. The van der Waals surface area contributed by atoms with Gasteiger partial charge in [-0.3, -0.25) is 4.90 Å². The second-order valence-corrected chi connectivity index (χ2v) is 10.9. The number of aromatic amines is 1. The van der Waals surface area contributed by atoms with Crippen molar-refractivity contribution in [2.75, 3.05) is 13.2 Å². The minimum Gasteiger partial charge on any atom is -0.463 e. The van der Waals surface area contributed by atoms with Crippen molar-refractivity contribution in [3.05, 3.63) is 76.5 Å². The summed E-state index contributed by atoms with van der Waals surface area (Å²) in [7, 11) is 0. The van der Waals surface area contributed by atoms with Crippen LogP contribution in [0.25, 0.3) is 17.0 Å². The van der Waals surface area contributed by atoms with Crippen molar-refractivity contribution >= 4 is 22.9 Å². The largest absolute Gasteiger partial charge is 0.463 e. The topological polar surface area (TPSA) is 45.3 Å². The van der Waals surface area contributed by atoms with Crippen LogP contribution >= 0.6 is 0 Å². The van der Waals surface area contributed by atoms with Crippen molar-refractivity contribution in [1.29, 1.82) is 0 Å². The quantitative estimate of drug-likeness (QED) is 0.302. The molecule has 1 aromatic heterocycles. The summed E-state index contributed by atoms with van der Waals surface area (Å²) in [6, 6.07) is 10.5. The van der Waals surface area contributed by atoms with Gasteiger partial charge in [0.25, 0.3) is 0 Å². The second kappa shape index (κ2) is 8.84. The highest BCUT2D eigenvalue weighted by molar-refractivity contribution is 5.87. The van der Waals surface area contributed by atoms with E-state index in [1.54, 1.807) is 6.92 Å². The van der Waals surface area contributed by atoms with Crippen LogP contribution in [0.3, 0.4) is 0 Å². The fourth-order valence-electron chi connectivity index (χ4n) is 6.87. The van der Waals surface area contributed by atoms with Crippen molar-refractivity contribution in [2.24, 2.45) is 11.3 Å². The molecule has 188 valence electrons. The summed E-state index contributed by atoms with van der Waals surface area (Å²) in [4.78, 5) is 17.6. The molecule has 4 nitrogen and oxygen atoms in total. The van der Waals surface area contributed by atoms with E-state index in [2.05, 4.69) is 22.9 Å². The van der Waals surface area contributed by atoms with E-state index in [9.17, 15) is 4.79 Å². The lowest BCUT2D eigenvalue weighted by Gasteiger charge is -2.64. The van der Waals surface area contributed by atoms with Crippen molar-refractivity contribution in [1.82, 2.24) is 9.88 Å². The molecule has 2 atom stereocenters. The van der Waals surface area contributed by atoms with Crippen molar-refractivity contribution < 1.29 is 18.3 Å². The molecule has 3 fully saturated rings. The number of rotatable bonds is 7. The Morgan fingerprint density at radius 2 is 1.89 bits per heavy atom. The zero-order chi connectivity index (χ0) is 25.0. The Morgan fingerprint density at radius 3 is 2.53 bits per heavy atom. The minimum absolute atomic E-state index is 0.0841. The number of benzene rings is 2. The summed E-state index contributed by atoms with van der Waals surface area (Å²) < 4.78 is 36.6. The molecule has 36 heavy (non-hydrogen) atoms. The summed E-state index contributed by atoms with van der Waals surface area (Å²) in [5, 5.41) is 1.14. The number of hydrogen-bond donors (Lipinski definition) is 1. The van der Waals surface area contributed by atoms with Crippen LogP contribution in [0.4, 0.5) is 8.78 Å². The van der Waals surface area contributed by atoms with Gasteiger partial charge in [-0.15, -0.1) is 0 Å². The average Bonchev–Trinajstić information content (AvgIpc) is 3.17. The molecule has 1 N–H and O–H groups in total. The monoisotopic (exact) mass is 490 g/mol. The van der Waals surface area contributed by atoms with E-state index in [-0.39, 0.29) is 18.2 Å². The number of nitrogens with one attached hydrogen (secondary N) is 1. The lowest BCUT2D eigenvalue weighted by Crippen LogP contribution is -2.60. The molecule has 2 aromatic carbocycles. The van der Waals surface area contributed by atoms with Gasteiger partial charge in [-0.2, -0.15) is 0 Å². The number of carbonyl (C=O) groups is 1. The molecular formula is C30H32F2N2O2. The molecule has 0 saturated heterocycles. The fourth-order valence-corrected chi connectivity index (χ4v) is 6.87. The van der Waals surface area contributed by atoms with E-state index in [1.807, 2.05) is 18.2 Å². The molecule has 3 aromatic rings. The van der Waals surface area contributed by atoms with Crippen LogP contribution in [0.5, 0.6) is 0 Å². The Kier molecular flexibility index (Phi) is 5.75. The van der Waals surface area contributed by atoms with Crippen LogP contribution in [-0.4, -0.2) is 35.0 Å². The summed E-state index contributed by atoms with van der Waals surface area (Å²) in [5.41, 5.74) is 3.76. The first-order valence-corrected chi connectivity index (χ1v) is 13.1. The van der Waals surface area contributed by atoms with E-state index in [4.69, 9.17) is 4.74 Å². The van der Waals surface area contributed by atoms with E-state index in [0.29, 0.717) is 11.0 Å². The van der Waals surface area contributed by atoms with Gasteiger partial charge in [-0.05, 0) is 85.8 Å². The van der Waals surface area contributed by atoms with Crippen LogP contribution in [0.2, 0.25) is 0 Å². The number of hydrogen-bond acceptors (Lipinski definition) is 3. The summed E-state index contributed by atoms with van der Waals surface area (Å²) in [6.45, 7) is 5.00. The van der Waals surface area contributed by atoms with E-state index in [0.717, 1.165) is 41.9 Å². The van der Waals surface area contributed by atoms with Crippen molar-refractivity contribution in [3.8, 4) is 0 Å². The number of fused-ring (bicyclic) bond motifs is 3. The Morgan fingerprint density at radius 1 is 1.17 bits per heavy atom. The summed E-state index contributed by atoms with van der Waals surface area (Å²) in [5.74, 6) is -0.872. The minimum atomic E-state index is -0.590. The van der Waals surface area contributed by atoms with Gasteiger partial charge in [-0.25, -0.2) is 13.6 Å². The van der Waals surface area contributed by atoms with Crippen LogP contribution in [0, 0.1) is 23.0 Å². The molecule has 3 aliphatic carbocycles. The smallest absolute Gasteiger partial charge is 0.330 e. The van der Waals surface area contributed by atoms with Crippen molar-refractivity contribution in [3.63, 3.8) is 0 Å². The number of para-hydroxylation sites is 1. The highest BCUT2D eigenvalue weighted by Gasteiger charge is 2.58. The van der Waals surface area contributed by atoms with E-state index >= 15 is 8.78 Å². The third kappa shape index (κ3) is 3.78. The third-order valence-corrected chi connectivity index (χ3v) is 8.59. The highest BCUT2D eigenvalue weighted by atomic mass is 19.1. The Bertz CT molecular complexity index is 1320. The first kappa shape index (κ1) is 23.4. The lowest BCUT2D eigenvalue weighted by molar-refractivity contribution is -0.137. The van der Waals surface area contributed by atoms with Gasteiger partial charge in [0, 0.05) is 40.8 Å². The molecule has 3 saturated carbocycles. The lowest BCUT2D eigenvalue weighted by atomic mass is 9.44. The molecule has 0 spiro atoms. The van der Waals surface area contributed by atoms with Gasteiger partial charge in [-0.1, -0.05) is 25.1 Å². The van der Waals surface area contributed by atoms with Gasteiger partial charge >= 0.3 is 5.97 Å². The van der Waals surface area contributed by atoms with E-state index < -0.39 is 23.6 Å². The molecule has 2 bridgehead atoms. The molecule has 7 rings (SSSR count). The SMILES string of the molecule is CCOC(=O)/C=C/c1cc(F)c(C2c3[nH]c4ccccc4c3CC(CC)N2CC23CC(C2)C3)c(F)c1. The Labute approximate surface area is 210 Å². The number of nitrogens with zero attached hydrogens (tertiary/aromatic N) is 1. The van der Waals surface area contributed by atoms with Crippen LogP contribution in [-0.2, 0) is 16.0 Å². The third-order valence-electron chi connectivity index (χ3n) is 8.59. The molecule has 1 aliphatic heterocycles. The molecule has 0 radical (unpaired) electrons. The average molecular weight is 491 g/mol. The summed E-state index contributed by atoms with van der Waals surface area (Å²) >= 11 is 0. The number of aromatic nitrogens is 1. The van der Waals surface area contributed by atoms with Gasteiger partial charge in [0.05, 0.1) is 12.6 Å². The molecule has 2 unspecified atom stereocenters. The maximum Gasteiger partial charge on any atom is 0.330 e. The van der Waals surface area contributed by atoms with Crippen LogP contribution < -0.4 is 0 Å². The maximum atomic E-state index is 15.8. The maximum absolute atomic E-state index is 15.8. The van der Waals surface area contributed by atoms with Crippen LogP contribution in [0.1, 0.15) is 68.0 Å². The first-order chi connectivity index (χ1) is 17.4. The molecule has 6 heteroatoms. The summed E-state index contributed by atoms with van der Waals surface area (Å²) in [6.07, 6.45) is 8.08. The first-order valence-electron chi connectivity index (χ1n) is 13.1. The highest BCUT2D eigenvalue weighted by Crippen LogP contribution is 2.65. The fraction of sp³-hybridized carbons (Fsp3) is 0.433. The molecule has 4 aliphatic rings. The number of esters is 1. The molecule has 2 heterocycles. The predicted octanol–water partition coefficient (Wildman–Crippen LogP) is 6.55. The number of halogens is 2. The van der Waals surface area contributed by atoms with Gasteiger partial charge < -0.3 is 9.72 Å². The number of ether oxygens (including phenoxy) is 1. The molecular weight excluding hydrogens is 458 g/mol. The van der Waals surface area contributed by atoms with Crippen LogP contribution in [0.15, 0.2) is 42.5 Å². The predicted molar refractivity (Wildman–Crippen MR) is 136 cm³/mol. The Balaban J connectivity index is 1.46. The second-order valence-electron chi connectivity index (χ2n) is 10.9. The van der Waals surface area contributed by atoms with Crippen molar-refractivity contribution in [2.45, 2.75) is 58.0 Å². The normalized spacial score (nSPS) is 27.1. The van der Waals surface area contributed by atoms with Gasteiger partial charge in [0.1, 0.15) is 11.6 Å². The van der Waals surface area contributed by atoms with Gasteiger partial charge in [0.15, 0.2) is 0 Å². The van der Waals surface area contributed by atoms with E-state index in [1.165, 1.54) is 49.1 Å². The zero-order valence-electron chi connectivity index (χ0n) is 20.8. The molecule has 0 amide bonds. The number of carbonyl (C=O) groups excluding carboxylic acids is 1. The zero-order valence-corrected chi connectivity index (χ0v) is 20.8. The number of H-pyrrole nitrogens is 1. The standard InChI is InChI=1S/C30H32F2N2O2/c1-3-20-13-22-21-7-5-6-8-25(21)33-28(22)29(34(20)17-30-14-19(15-30)16-30)27-23(31)11-18(12-24(27)32)9-10-26(35)36-4-2/h5-12,19-20,29,33H,3-4,13-17H2,1-2H3/b10-9+.